The molecule has 2 rings (SSSR count). The van der Waals surface area contributed by atoms with Gasteiger partial charge in [-0.1, -0.05) is 12.1 Å². The average Bonchev–Trinajstić information content (AvgIpc) is 2.46. The maximum absolute atomic E-state index is 13.0. The second-order valence-electron chi connectivity index (χ2n) is 4.71. The van der Waals surface area contributed by atoms with Gasteiger partial charge in [-0.15, -0.1) is 0 Å². The third kappa shape index (κ3) is 4.03. The van der Waals surface area contributed by atoms with Gasteiger partial charge in [-0.2, -0.15) is 0 Å². The van der Waals surface area contributed by atoms with Gasteiger partial charge in [-0.25, -0.2) is 9.37 Å². The first-order chi connectivity index (χ1) is 9.69. The van der Waals surface area contributed by atoms with E-state index >= 15 is 0 Å². The van der Waals surface area contributed by atoms with E-state index in [1.807, 2.05) is 25.1 Å². The Hall–Kier alpha value is -1.94. The quantitative estimate of drug-likeness (QED) is 0.822. The van der Waals surface area contributed by atoms with Crippen LogP contribution >= 0.6 is 0 Å². The fourth-order valence-corrected chi connectivity index (χ4v) is 2.03. The molecule has 1 aromatic carbocycles. The normalized spacial score (nSPS) is 10.6. The predicted molar refractivity (Wildman–Crippen MR) is 77.3 cm³/mol. The first kappa shape index (κ1) is 14.5. The number of pyridine rings is 1. The molecule has 1 N–H and O–H groups in total. The molecule has 2 aromatic rings. The van der Waals surface area contributed by atoms with Crippen molar-refractivity contribution in [3.63, 3.8) is 0 Å². The van der Waals surface area contributed by atoms with Crippen molar-refractivity contribution in [2.45, 2.75) is 19.9 Å². The molecule has 1 aromatic heterocycles. The van der Waals surface area contributed by atoms with Gasteiger partial charge in [0.15, 0.2) is 0 Å². The van der Waals surface area contributed by atoms with Crippen molar-refractivity contribution >= 4 is 0 Å². The van der Waals surface area contributed by atoms with Crippen LogP contribution in [0.5, 0.6) is 5.88 Å². The zero-order chi connectivity index (χ0) is 14.4. The molecule has 0 aliphatic heterocycles. The van der Waals surface area contributed by atoms with Gasteiger partial charge in [0.2, 0.25) is 5.88 Å². The van der Waals surface area contributed by atoms with E-state index in [0.717, 1.165) is 30.6 Å². The average molecular weight is 274 g/mol. The summed E-state index contributed by atoms with van der Waals surface area (Å²) in [6.07, 6.45) is 2.69. The number of benzene rings is 1. The molecule has 0 aliphatic carbocycles. The summed E-state index contributed by atoms with van der Waals surface area (Å²) in [6, 6.07) is 8.77. The van der Waals surface area contributed by atoms with Gasteiger partial charge in [0.05, 0.1) is 7.11 Å². The van der Waals surface area contributed by atoms with Gasteiger partial charge in [-0.05, 0) is 48.7 Å². The fourth-order valence-electron chi connectivity index (χ4n) is 2.03. The molecule has 1 heterocycles. The number of nitrogens with one attached hydrogen (secondary N) is 1. The number of halogens is 1. The topological polar surface area (TPSA) is 34.1 Å². The van der Waals surface area contributed by atoms with Crippen LogP contribution in [0.25, 0.3) is 0 Å². The summed E-state index contributed by atoms with van der Waals surface area (Å²) < 4.78 is 18.0. The Morgan fingerprint density at radius 2 is 2.10 bits per heavy atom. The SMILES string of the molecule is COc1ccc(CNCCc2ccc(F)cc2C)cn1. The van der Waals surface area contributed by atoms with Crippen molar-refractivity contribution in [3.05, 3.63) is 59.0 Å². The molecule has 0 saturated carbocycles. The first-order valence-electron chi connectivity index (χ1n) is 6.63. The third-order valence-corrected chi connectivity index (χ3v) is 3.21. The number of rotatable bonds is 6. The zero-order valence-corrected chi connectivity index (χ0v) is 11.8. The molecule has 106 valence electrons. The lowest BCUT2D eigenvalue weighted by molar-refractivity contribution is 0.397. The van der Waals surface area contributed by atoms with Gasteiger partial charge in [0.25, 0.3) is 0 Å². The molecular formula is C16H19FN2O. The number of aryl methyl sites for hydroxylation is 1. The molecule has 0 fully saturated rings. The van der Waals surface area contributed by atoms with Crippen molar-refractivity contribution < 1.29 is 9.13 Å². The molecule has 0 unspecified atom stereocenters. The summed E-state index contributed by atoms with van der Waals surface area (Å²) in [6.45, 7) is 3.54. The van der Waals surface area contributed by atoms with E-state index in [1.165, 1.54) is 11.6 Å². The van der Waals surface area contributed by atoms with Crippen LogP contribution in [0.1, 0.15) is 16.7 Å². The minimum atomic E-state index is -0.177. The molecule has 0 bridgehead atoms. The third-order valence-electron chi connectivity index (χ3n) is 3.21. The van der Waals surface area contributed by atoms with E-state index in [4.69, 9.17) is 4.74 Å². The van der Waals surface area contributed by atoms with Crippen LogP contribution in [0.4, 0.5) is 4.39 Å². The highest BCUT2D eigenvalue weighted by Gasteiger charge is 2.00. The molecule has 4 heteroatoms. The van der Waals surface area contributed by atoms with Crippen LogP contribution in [0.2, 0.25) is 0 Å². The molecule has 0 spiro atoms. The fraction of sp³-hybridized carbons (Fsp3) is 0.312. The Kier molecular flexibility index (Phi) is 5.07. The second kappa shape index (κ2) is 7.01. The second-order valence-corrected chi connectivity index (χ2v) is 4.71. The lowest BCUT2D eigenvalue weighted by atomic mass is 10.1. The lowest BCUT2D eigenvalue weighted by Crippen LogP contribution is -2.17. The van der Waals surface area contributed by atoms with Gasteiger partial charge >= 0.3 is 0 Å². The van der Waals surface area contributed by atoms with Gasteiger partial charge in [0.1, 0.15) is 5.82 Å². The minimum absolute atomic E-state index is 0.177. The highest BCUT2D eigenvalue weighted by molar-refractivity contribution is 5.26. The van der Waals surface area contributed by atoms with E-state index < -0.39 is 0 Å². The highest BCUT2D eigenvalue weighted by Crippen LogP contribution is 2.10. The van der Waals surface area contributed by atoms with E-state index in [0.29, 0.717) is 5.88 Å². The molecular weight excluding hydrogens is 255 g/mol. The van der Waals surface area contributed by atoms with Crippen LogP contribution < -0.4 is 10.1 Å². The summed E-state index contributed by atoms with van der Waals surface area (Å²) >= 11 is 0. The van der Waals surface area contributed by atoms with Crippen molar-refractivity contribution in [2.75, 3.05) is 13.7 Å². The van der Waals surface area contributed by atoms with Crippen molar-refractivity contribution in [1.82, 2.24) is 10.3 Å². The molecule has 0 amide bonds. The zero-order valence-electron chi connectivity index (χ0n) is 11.8. The minimum Gasteiger partial charge on any atom is -0.481 e. The summed E-state index contributed by atoms with van der Waals surface area (Å²) in [7, 11) is 1.60. The molecule has 0 atom stereocenters. The Morgan fingerprint density at radius 3 is 2.75 bits per heavy atom. The summed E-state index contributed by atoms with van der Waals surface area (Å²) in [5.74, 6) is 0.444. The van der Waals surface area contributed by atoms with Crippen molar-refractivity contribution in [1.29, 1.82) is 0 Å². The Morgan fingerprint density at radius 1 is 1.25 bits per heavy atom. The maximum Gasteiger partial charge on any atom is 0.212 e. The largest absolute Gasteiger partial charge is 0.481 e. The monoisotopic (exact) mass is 274 g/mol. The van der Waals surface area contributed by atoms with Crippen LogP contribution in [0.3, 0.4) is 0 Å². The number of hydrogen-bond donors (Lipinski definition) is 1. The van der Waals surface area contributed by atoms with Crippen molar-refractivity contribution in [2.24, 2.45) is 0 Å². The molecule has 0 radical (unpaired) electrons. The van der Waals surface area contributed by atoms with Crippen LogP contribution in [0, 0.1) is 12.7 Å². The molecule has 3 nitrogen and oxygen atoms in total. The van der Waals surface area contributed by atoms with E-state index in [1.54, 1.807) is 19.4 Å². The Labute approximate surface area is 118 Å². The van der Waals surface area contributed by atoms with Gasteiger partial charge in [-0.3, -0.25) is 0 Å². The first-order valence-corrected chi connectivity index (χ1v) is 6.63. The van der Waals surface area contributed by atoms with Crippen LogP contribution in [-0.4, -0.2) is 18.6 Å². The summed E-state index contributed by atoms with van der Waals surface area (Å²) in [5.41, 5.74) is 3.28. The smallest absolute Gasteiger partial charge is 0.212 e. The standard InChI is InChI=1S/C16H19FN2O/c1-12-9-15(17)5-4-14(12)7-8-18-10-13-3-6-16(20-2)19-11-13/h3-6,9,11,18H,7-8,10H2,1-2H3. The van der Waals surface area contributed by atoms with E-state index in [2.05, 4.69) is 10.3 Å². The number of hydrogen-bond acceptors (Lipinski definition) is 3. The predicted octanol–water partition coefficient (Wildman–Crippen LogP) is 2.87. The molecule has 20 heavy (non-hydrogen) atoms. The lowest BCUT2D eigenvalue weighted by Gasteiger charge is -2.08. The van der Waals surface area contributed by atoms with Gasteiger partial charge < -0.3 is 10.1 Å². The van der Waals surface area contributed by atoms with Crippen LogP contribution in [0.15, 0.2) is 36.5 Å². The number of methoxy groups -OCH3 is 1. The molecule has 0 saturated heterocycles. The number of nitrogens with zero attached hydrogens (tertiary/aromatic N) is 1. The van der Waals surface area contributed by atoms with E-state index in [-0.39, 0.29) is 5.82 Å². The highest BCUT2D eigenvalue weighted by atomic mass is 19.1. The van der Waals surface area contributed by atoms with E-state index in [9.17, 15) is 4.39 Å². The Bertz CT molecular complexity index is 555. The maximum atomic E-state index is 13.0. The van der Waals surface area contributed by atoms with Crippen LogP contribution in [-0.2, 0) is 13.0 Å². The Balaban J connectivity index is 1.78. The molecule has 0 aliphatic rings. The van der Waals surface area contributed by atoms with Crippen molar-refractivity contribution in [3.8, 4) is 5.88 Å². The number of ether oxygens (including phenoxy) is 1. The summed E-state index contributed by atoms with van der Waals surface area (Å²) in [5, 5.41) is 3.35. The summed E-state index contributed by atoms with van der Waals surface area (Å²) in [4.78, 5) is 4.15. The van der Waals surface area contributed by atoms with Gasteiger partial charge in [0, 0.05) is 18.8 Å². The number of aromatic nitrogens is 1.